The number of anilines is 2. The molecule has 7 N–H and O–H groups in total. The summed E-state index contributed by atoms with van der Waals surface area (Å²) in [4.78, 5) is 16.1. The number of alkyl halides is 12. The zero-order chi connectivity index (χ0) is 51.9. The first kappa shape index (κ1) is 55.8. The summed E-state index contributed by atoms with van der Waals surface area (Å²) in [5.41, 5.74) is 3.34. The molecule has 0 spiro atoms. The van der Waals surface area contributed by atoms with Gasteiger partial charge in [-0.25, -0.2) is 4.79 Å². The molecular weight excluding hydrogens is 951 g/mol. The van der Waals surface area contributed by atoms with Crippen LogP contribution in [-0.4, -0.2) is 89.1 Å². The number of aliphatic hydroxyl groups is 2. The van der Waals surface area contributed by atoms with Gasteiger partial charge in [0.1, 0.15) is 6.61 Å². The molecule has 386 valence electrons. The van der Waals surface area contributed by atoms with Gasteiger partial charge in [-0.3, -0.25) is 15.1 Å². The fraction of sp³-hybridized carbons (Fsp3) is 0.490. The minimum Gasteiger partial charge on any atom is -0.447 e. The van der Waals surface area contributed by atoms with Crippen LogP contribution < -0.4 is 16.8 Å². The fourth-order valence-electron chi connectivity index (χ4n) is 8.34. The SMILES string of the molecule is CC(C)(N)COC(=O)Nc1ccc(CC2CCN(Cc3ccc(C(O)(C(F)(F)F)C(F)(F)F)cc3)CC2)cc1.Nc1ccc(CC2CCN(Cc3ccc(C(O)(C(F)(F)F)C(F)(F)F)cc3)CC2)cc1. The second kappa shape index (κ2) is 22.1. The number of nitrogens with two attached hydrogens (primary N) is 2. The van der Waals surface area contributed by atoms with Crippen LogP contribution in [0.2, 0.25) is 0 Å². The van der Waals surface area contributed by atoms with Gasteiger partial charge in [-0.2, -0.15) is 52.7 Å². The van der Waals surface area contributed by atoms with Crippen LogP contribution in [0.15, 0.2) is 97.1 Å². The highest BCUT2D eigenvalue weighted by molar-refractivity contribution is 5.84. The molecule has 2 saturated heterocycles. The Bertz CT molecular complexity index is 2240. The molecule has 1 amide bonds. The number of amides is 1. The third-order valence-electron chi connectivity index (χ3n) is 12.4. The molecule has 6 rings (SSSR count). The van der Waals surface area contributed by atoms with E-state index in [0.717, 1.165) is 70.3 Å². The number of hydrogen-bond acceptors (Lipinski definition) is 8. The lowest BCUT2D eigenvalue weighted by molar-refractivity contribution is -0.376. The van der Waals surface area contributed by atoms with Gasteiger partial charge in [0, 0.05) is 41.1 Å². The van der Waals surface area contributed by atoms with Crippen molar-refractivity contribution in [1.82, 2.24) is 9.80 Å². The Morgan fingerprint density at radius 1 is 0.557 bits per heavy atom. The normalized spacial score (nSPS) is 16.6. The molecule has 2 heterocycles. The quantitative estimate of drug-likeness (QED) is 0.0660. The molecule has 0 unspecified atom stereocenters. The number of rotatable bonds is 13. The van der Waals surface area contributed by atoms with Crippen LogP contribution in [0, 0.1) is 11.8 Å². The molecule has 0 atom stereocenters. The molecule has 0 radical (unpaired) electrons. The smallest absolute Gasteiger partial charge is 0.430 e. The predicted octanol–water partition coefficient (Wildman–Crippen LogP) is 10.8. The van der Waals surface area contributed by atoms with Crippen molar-refractivity contribution < 1.29 is 72.4 Å². The lowest BCUT2D eigenvalue weighted by Crippen LogP contribution is -2.53. The van der Waals surface area contributed by atoms with E-state index in [1.54, 1.807) is 26.0 Å². The average Bonchev–Trinajstić information content (AvgIpc) is 3.27. The van der Waals surface area contributed by atoms with Crippen LogP contribution >= 0.6 is 0 Å². The molecule has 21 heteroatoms. The van der Waals surface area contributed by atoms with Crippen molar-refractivity contribution in [2.24, 2.45) is 17.6 Å². The van der Waals surface area contributed by atoms with Crippen molar-refractivity contribution in [1.29, 1.82) is 0 Å². The molecule has 4 aromatic carbocycles. The summed E-state index contributed by atoms with van der Waals surface area (Å²) in [5.74, 6) is 0.920. The van der Waals surface area contributed by atoms with E-state index in [0.29, 0.717) is 71.7 Å². The van der Waals surface area contributed by atoms with E-state index in [9.17, 15) is 67.7 Å². The number of halogens is 12. The van der Waals surface area contributed by atoms with Crippen molar-refractivity contribution in [3.8, 4) is 0 Å². The van der Waals surface area contributed by atoms with Gasteiger partial charge in [-0.05, 0) is 137 Å². The lowest BCUT2D eigenvalue weighted by Gasteiger charge is -2.33. The molecule has 0 bridgehead atoms. The average molecular weight is 1010 g/mol. The molecule has 9 nitrogen and oxygen atoms in total. The van der Waals surface area contributed by atoms with Crippen LogP contribution in [0.4, 0.5) is 68.9 Å². The van der Waals surface area contributed by atoms with E-state index in [1.165, 1.54) is 29.8 Å². The van der Waals surface area contributed by atoms with Gasteiger partial charge in [0.05, 0.1) is 0 Å². The Morgan fingerprint density at radius 3 is 1.19 bits per heavy atom. The van der Waals surface area contributed by atoms with Crippen molar-refractivity contribution in [3.05, 3.63) is 130 Å². The number of carbonyl (C=O) groups is 1. The Hall–Kier alpha value is -5.09. The van der Waals surface area contributed by atoms with E-state index in [1.807, 2.05) is 36.4 Å². The summed E-state index contributed by atoms with van der Waals surface area (Å²) in [6.45, 7) is 7.41. The Kier molecular flexibility index (Phi) is 17.7. The predicted molar refractivity (Wildman–Crippen MR) is 239 cm³/mol. The molecule has 0 saturated carbocycles. The van der Waals surface area contributed by atoms with Crippen LogP contribution in [0.1, 0.15) is 72.9 Å². The summed E-state index contributed by atoms with van der Waals surface area (Å²) in [5, 5.41) is 21.6. The minimum atomic E-state index is -5.90. The van der Waals surface area contributed by atoms with Gasteiger partial charge in [-0.15, -0.1) is 0 Å². The summed E-state index contributed by atoms with van der Waals surface area (Å²) in [6.07, 6.45) is -18.7. The number of nitrogens with zero attached hydrogens (tertiary/aromatic N) is 2. The molecule has 2 aliphatic heterocycles. The molecule has 70 heavy (non-hydrogen) atoms. The third kappa shape index (κ3) is 14.5. The van der Waals surface area contributed by atoms with Crippen LogP contribution in [0.3, 0.4) is 0 Å². The molecule has 2 aliphatic rings. The van der Waals surface area contributed by atoms with Gasteiger partial charge in [0.2, 0.25) is 0 Å². The number of ether oxygens (including phenoxy) is 1. The number of benzene rings is 4. The Balaban J connectivity index is 0.000000267. The van der Waals surface area contributed by atoms with Gasteiger partial charge in [0.15, 0.2) is 0 Å². The number of carbonyl (C=O) groups excluding carboxylic acids is 1. The first-order valence-electron chi connectivity index (χ1n) is 22.4. The summed E-state index contributed by atoms with van der Waals surface area (Å²) in [7, 11) is 0. The third-order valence-corrected chi connectivity index (χ3v) is 12.4. The number of hydrogen-bond donors (Lipinski definition) is 5. The molecule has 0 aliphatic carbocycles. The molecule has 0 aromatic heterocycles. The van der Waals surface area contributed by atoms with Crippen molar-refractivity contribution in [2.45, 2.75) is 107 Å². The maximum absolute atomic E-state index is 13.1. The Morgan fingerprint density at radius 2 is 0.871 bits per heavy atom. The second-order valence-corrected chi connectivity index (χ2v) is 18.8. The maximum atomic E-state index is 13.1. The van der Waals surface area contributed by atoms with Crippen molar-refractivity contribution in [2.75, 3.05) is 43.8 Å². The minimum absolute atomic E-state index is 0.0837. The zero-order valence-corrected chi connectivity index (χ0v) is 38.4. The maximum Gasteiger partial charge on any atom is 0.430 e. The highest BCUT2D eigenvalue weighted by Crippen LogP contribution is 2.51. The summed E-state index contributed by atoms with van der Waals surface area (Å²) >= 11 is 0. The highest BCUT2D eigenvalue weighted by atomic mass is 19.4. The number of piperidine rings is 2. The van der Waals surface area contributed by atoms with E-state index in [-0.39, 0.29) is 6.61 Å². The molecular formula is C49H57F12N5O4. The summed E-state index contributed by atoms with van der Waals surface area (Å²) in [6, 6.07) is 22.7. The first-order valence-corrected chi connectivity index (χ1v) is 22.4. The van der Waals surface area contributed by atoms with E-state index >= 15 is 0 Å². The summed E-state index contributed by atoms with van der Waals surface area (Å²) < 4.78 is 161. The largest absolute Gasteiger partial charge is 0.447 e. The van der Waals surface area contributed by atoms with E-state index < -0.39 is 58.7 Å². The zero-order valence-electron chi connectivity index (χ0n) is 38.4. The second-order valence-electron chi connectivity index (χ2n) is 18.8. The Labute approximate surface area is 397 Å². The van der Waals surface area contributed by atoms with Crippen LogP contribution in [-0.2, 0) is 41.9 Å². The fourth-order valence-corrected chi connectivity index (χ4v) is 8.34. The van der Waals surface area contributed by atoms with Crippen molar-refractivity contribution >= 4 is 17.5 Å². The first-order chi connectivity index (χ1) is 32.4. The van der Waals surface area contributed by atoms with Crippen LogP contribution in [0.5, 0.6) is 0 Å². The number of nitrogen functional groups attached to an aromatic ring is 1. The monoisotopic (exact) mass is 1010 g/mol. The standard InChI is InChI=1S/C27H33F6N3O3.C22H24F6N2O/c1-24(2,34)17-39-23(37)35-22-9-5-18(6-10-22)15-19-11-13-36(14-12-19)16-20-3-7-21(8-4-20)25(38,26(28,29)30)27(31,32)33;23-21(24,25)20(31,22(26,27)28)18-5-1-17(2-6-18)14-30-11-9-16(10-12-30)13-15-3-7-19(29)8-4-15/h3-10,19,38H,11-17,34H2,1-2H3,(H,35,37);1-8,16,31H,9-14,29H2. The lowest BCUT2D eigenvalue weighted by atomic mass is 9.89. The van der Waals surface area contributed by atoms with E-state index in [2.05, 4.69) is 15.1 Å². The number of likely N-dealkylation sites (tertiary alicyclic amines) is 2. The van der Waals surface area contributed by atoms with Gasteiger partial charge < -0.3 is 26.4 Å². The van der Waals surface area contributed by atoms with Gasteiger partial charge in [-0.1, -0.05) is 72.8 Å². The number of nitrogens with one attached hydrogen (secondary N) is 1. The van der Waals surface area contributed by atoms with Crippen LogP contribution in [0.25, 0.3) is 0 Å². The highest BCUT2D eigenvalue weighted by Gasteiger charge is 2.72. The van der Waals surface area contributed by atoms with Gasteiger partial charge >= 0.3 is 30.8 Å². The molecule has 4 aromatic rings. The van der Waals surface area contributed by atoms with Crippen molar-refractivity contribution in [3.63, 3.8) is 0 Å². The van der Waals surface area contributed by atoms with E-state index in [4.69, 9.17) is 16.2 Å². The van der Waals surface area contributed by atoms with Gasteiger partial charge in [0.25, 0.3) is 11.2 Å². The molecule has 2 fully saturated rings. The topological polar surface area (TPSA) is 137 Å².